The number of carboxylic acid groups (broad SMARTS) is 1. The fraction of sp³-hybridized carbons (Fsp3) is 0.786. The lowest BCUT2D eigenvalue weighted by atomic mass is 10.2. The Morgan fingerprint density at radius 2 is 2.05 bits per heavy atom. The van der Waals surface area contributed by atoms with E-state index < -0.39 is 12.1 Å². The van der Waals surface area contributed by atoms with E-state index in [1.165, 1.54) is 0 Å². The van der Waals surface area contributed by atoms with Gasteiger partial charge in [0.2, 0.25) is 11.8 Å². The van der Waals surface area contributed by atoms with Crippen LogP contribution in [0.3, 0.4) is 0 Å². The van der Waals surface area contributed by atoms with Crippen molar-refractivity contribution in [3.05, 3.63) is 0 Å². The Kier molecular flexibility index (Phi) is 5.55. The van der Waals surface area contributed by atoms with Crippen molar-refractivity contribution < 1.29 is 24.2 Å². The number of carbonyl (C=O) groups excluding carboxylic acids is 2. The molecule has 0 aromatic carbocycles. The summed E-state index contributed by atoms with van der Waals surface area (Å²) in [5.74, 6) is -0.640. The predicted octanol–water partition coefficient (Wildman–Crippen LogP) is -0.00510. The SMILES string of the molecule is O=C(O)CC1CN(C(=O)CCCNC(=O)C2CC2)CCO1. The Labute approximate surface area is 123 Å². The van der Waals surface area contributed by atoms with E-state index in [0.29, 0.717) is 39.1 Å². The second-order valence-electron chi connectivity index (χ2n) is 5.60. The van der Waals surface area contributed by atoms with Crippen molar-refractivity contribution in [1.29, 1.82) is 0 Å². The average Bonchev–Trinajstić information content (AvgIpc) is 3.27. The highest BCUT2D eigenvalue weighted by Gasteiger charge is 2.29. The number of hydrogen-bond acceptors (Lipinski definition) is 4. The van der Waals surface area contributed by atoms with Crippen LogP contribution in [0.2, 0.25) is 0 Å². The fourth-order valence-electron chi connectivity index (χ4n) is 2.36. The van der Waals surface area contributed by atoms with Crippen molar-refractivity contribution in [2.45, 2.75) is 38.2 Å². The Bertz CT molecular complexity index is 408. The number of nitrogens with one attached hydrogen (secondary N) is 1. The van der Waals surface area contributed by atoms with Crippen molar-refractivity contribution in [3.63, 3.8) is 0 Å². The first-order valence-corrected chi connectivity index (χ1v) is 7.45. The van der Waals surface area contributed by atoms with Gasteiger partial charge in [-0.2, -0.15) is 0 Å². The Morgan fingerprint density at radius 3 is 2.71 bits per heavy atom. The van der Waals surface area contributed by atoms with E-state index in [-0.39, 0.29) is 24.2 Å². The van der Waals surface area contributed by atoms with Crippen molar-refractivity contribution in [3.8, 4) is 0 Å². The lowest BCUT2D eigenvalue weighted by Crippen LogP contribution is -2.46. The molecule has 0 radical (unpaired) electrons. The monoisotopic (exact) mass is 298 g/mol. The molecular formula is C14H22N2O5. The molecule has 118 valence electrons. The van der Waals surface area contributed by atoms with Crippen molar-refractivity contribution in [2.75, 3.05) is 26.2 Å². The molecule has 2 fully saturated rings. The van der Waals surface area contributed by atoms with Gasteiger partial charge in [-0.15, -0.1) is 0 Å². The lowest BCUT2D eigenvalue weighted by molar-refractivity contribution is -0.147. The third-order valence-electron chi connectivity index (χ3n) is 3.71. The zero-order valence-electron chi connectivity index (χ0n) is 12.0. The molecule has 1 aliphatic heterocycles. The number of aliphatic carboxylic acids is 1. The zero-order valence-corrected chi connectivity index (χ0v) is 12.0. The van der Waals surface area contributed by atoms with E-state index in [9.17, 15) is 14.4 Å². The van der Waals surface area contributed by atoms with Crippen LogP contribution in [-0.4, -0.2) is 60.1 Å². The van der Waals surface area contributed by atoms with E-state index in [4.69, 9.17) is 9.84 Å². The second-order valence-corrected chi connectivity index (χ2v) is 5.60. The Balaban J connectivity index is 1.62. The number of hydrogen-bond donors (Lipinski definition) is 2. The summed E-state index contributed by atoms with van der Waals surface area (Å²) in [4.78, 5) is 35.8. The van der Waals surface area contributed by atoms with Crippen molar-refractivity contribution >= 4 is 17.8 Å². The number of carbonyl (C=O) groups is 3. The van der Waals surface area contributed by atoms with Gasteiger partial charge in [-0.3, -0.25) is 14.4 Å². The molecule has 2 N–H and O–H groups in total. The van der Waals surface area contributed by atoms with Crippen LogP contribution < -0.4 is 5.32 Å². The standard InChI is InChI=1S/C14H22N2O5/c17-12(2-1-5-15-14(20)10-3-4-10)16-6-7-21-11(9-16)8-13(18)19/h10-11H,1-9H2,(H,15,20)(H,18,19). The third kappa shape index (κ3) is 5.34. The van der Waals surface area contributed by atoms with E-state index >= 15 is 0 Å². The summed E-state index contributed by atoms with van der Waals surface area (Å²) in [5.41, 5.74) is 0. The molecule has 21 heavy (non-hydrogen) atoms. The first kappa shape index (κ1) is 15.8. The number of ether oxygens (including phenoxy) is 1. The normalized spacial score (nSPS) is 21.9. The molecule has 2 aliphatic rings. The molecule has 7 nitrogen and oxygen atoms in total. The molecule has 1 unspecified atom stereocenters. The summed E-state index contributed by atoms with van der Waals surface area (Å²) in [6, 6.07) is 0. The van der Waals surface area contributed by atoms with Gasteiger partial charge >= 0.3 is 5.97 Å². The molecule has 0 spiro atoms. The van der Waals surface area contributed by atoms with Gasteiger partial charge in [0.25, 0.3) is 0 Å². The van der Waals surface area contributed by atoms with Crippen LogP contribution >= 0.6 is 0 Å². The first-order chi connectivity index (χ1) is 10.1. The molecule has 1 heterocycles. The average molecular weight is 298 g/mol. The molecule has 2 rings (SSSR count). The minimum absolute atomic E-state index is 0.00522. The Morgan fingerprint density at radius 1 is 1.29 bits per heavy atom. The van der Waals surface area contributed by atoms with E-state index in [1.54, 1.807) is 4.90 Å². The van der Waals surface area contributed by atoms with Crippen LogP contribution in [0.1, 0.15) is 32.1 Å². The van der Waals surface area contributed by atoms with Crippen LogP contribution in [0, 0.1) is 5.92 Å². The molecule has 0 bridgehead atoms. The largest absolute Gasteiger partial charge is 0.481 e. The summed E-state index contributed by atoms with van der Waals surface area (Å²) >= 11 is 0. The number of morpholine rings is 1. The highest BCUT2D eigenvalue weighted by atomic mass is 16.5. The number of carboxylic acids is 1. The van der Waals surface area contributed by atoms with Crippen LogP contribution in [-0.2, 0) is 19.1 Å². The van der Waals surface area contributed by atoms with Gasteiger partial charge in [0.1, 0.15) is 0 Å². The lowest BCUT2D eigenvalue weighted by Gasteiger charge is -2.32. The number of rotatable bonds is 7. The minimum atomic E-state index is -0.919. The maximum absolute atomic E-state index is 12.0. The van der Waals surface area contributed by atoms with Crippen LogP contribution in [0.25, 0.3) is 0 Å². The predicted molar refractivity (Wildman–Crippen MR) is 73.5 cm³/mol. The summed E-state index contributed by atoms with van der Waals surface area (Å²) in [5, 5.41) is 11.6. The second kappa shape index (κ2) is 7.40. The van der Waals surface area contributed by atoms with E-state index in [0.717, 1.165) is 12.8 Å². The van der Waals surface area contributed by atoms with Crippen LogP contribution in [0.15, 0.2) is 0 Å². The fourth-order valence-corrected chi connectivity index (χ4v) is 2.36. The molecule has 7 heteroatoms. The maximum atomic E-state index is 12.0. The molecule has 1 saturated heterocycles. The molecule has 1 atom stereocenters. The first-order valence-electron chi connectivity index (χ1n) is 7.45. The van der Waals surface area contributed by atoms with Gasteiger partial charge in [0.05, 0.1) is 19.1 Å². The smallest absolute Gasteiger partial charge is 0.306 e. The van der Waals surface area contributed by atoms with Gasteiger partial charge in [-0.05, 0) is 19.3 Å². The summed E-state index contributed by atoms with van der Waals surface area (Å²) in [6.07, 6.45) is 2.42. The molecular weight excluding hydrogens is 276 g/mol. The molecule has 2 amide bonds. The maximum Gasteiger partial charge on any atom is 0.306 e. The van der Waals surface area contributed by atoms with Gasteiger partial charge in [-0.25, -0.2) is 0 Å². The molecule has 0 aromatic rings. The highest BCUT2D eigenvalue weighted by Crippen LogP contribution is 2.28. The molecule has 1 saturated carbocycles. The number of nitrogens with zero attached hydrogens (tertiary/aromatic N) is 1. The topological polar surface area (TPSA) is 95.9 Å². The quantitative estimate of drug-likeness (QED) is 0.645. The zero-order chi connectivity index (χ0) is 15.2. The van der Waals surface area contributed by atoms with Gasteiger partial charge in [0.15, 0.2) is 0 Å². The summed E-state index contributed by atoms with van der Waals surface area (Å²) < 4.78 is 5.33. The van der Waals surface area contributed by atoms with Gasteiger partial charge in [-0.1, -0.05) is 0 Å². The van der Waals surface area contributed by atoms with Crippen LogP contribution in [0.4, 0.5) is 0 Å². The van der Waals surface area contributed by atoms with Crippen molar-refractivity contribution in [2.24, 2.45) is 5.92 Å². The Hall–Kier alpha value is -1.63. The van der Waals surface area contributed by atoms with Crippen molar-refractivity contribution in [1.82, 2.24) is 10.2 Å². The summed E-state index contributed by atoms with van der Waals surface area (Å²) in [7, 11) is 0. The van der Waals surface area contributed by atoms with Crippen LogP contribution in [0.5, 0.6) is 0 Å². The third-order valence-corrected chi connectivity index (χ3v) is 3.71. The minimum Gasteiger partial charge on any atom is -0.481 e. The van der Waals surface area contributed by atoms with E-state index in [2.05, 4.69) is 5.32 Å². The number of amides is 2. The van der Waals surface area contributed by atoms with Gasteiger partial charge in [0, 0.05) is 32.0 Å². The molecule has 0 aromatic heterocycles. The highest BCUT2D eigenvalue weighted by molar-refractivity contribution is 5.81. The van der Waals surface area contributed by atoms with Gasteiger partial charge < -0.3 is 20.1 Å². The molecule has 1 aliphatic carbocycles. The summed E-state index contributed by atoms with van der Waals surface area (Å²) in [6.45, 7) is 1.73. The van der Waals surface area contributed by atoms with E-state index in [1.807, 2.05) is 0 Å².